The molecular formula is C12H21N3OS. The van der Waals surface area contributed by atoms with Crippen LogP contribution in [0.1, 0.15) is 24.4 Å². The molecule has 0 amide bonds. The summed E-state index contributed by atoms with van der Waals surface area (Å²) in [5, 5.41) is 4.37. The summed E-state index contributed by atoms with van der Waals surface area (Å²) < 4.78 is 5.47. The van der Waals surface area contributed by atoms with E-state index in [1.54, 1.807) is 0 Å². The van der Waals surface area contributed by atoms with Crippen molar-refractivity contribution in [3.8, 4) is 0 Å². The van der Waals surface area contributed by atoms with E-state index in [1.807, 2.05) is 18.4 Å². The van der Waals surface area contributed by atoms with Crippen LogP contribution in [0, 0.1) is 0 Å². The van der Waals surface area contributed by atoms with Crippen molar-refractivity contribution >= 4 is 16.5 Å². The van der Waals surface area contributed by atoms with Gasteiger partial charge in [0.25, 0.3) is 0 Å². The second-order valence-electron chi connectivity index (χ2n) is 4.37. The molecule has 2 rings (SSSR count). The Bertz CT molecular complexity index is 367. The lowest BCUT2D eigenvalue weighted by Gasteiger charge is -2.32. The molecule has 4 nitrogen and oxygen atoms in total. The first-order valence-electron chi connectivity index (χ1n) is 6.23. The van der Waals surface area contributed by atoms with Gasteiger partial charge in [0.2, 0.25) is 0 Å². The molecule has 1 fully saturated rings. The Balaban J connectivity index is 2.19. The Morgan fingerprint density at radius 3 is 3.06 bits per heavy atom. The van der Waals surface area contributed by atoms with Crippen LogP contribution in [0.3, 0.4) is 0 Å². The van der Waals surface area contributed by atoms with Gasteiger partial charge in [-0.25, -0.2) is 4.98 Å². The molecule has 0 saturated carbocycles. The normalized spacial score (nSPS) is 20.9. The van der Waals surface area contributed by atoms with Crippen molar-refractivity contribution in [3.05, 3.63) is 10.6 Å². The zero-order valence-corrected chi connectivity index (χ0v) is 11.6. The Morgan fingerprint density at radius 1 is 1.59 bits per heavy atom. The van der Waals surface area contributed by atoms with Crippen LogP contribution >= 0.6 is 11.3 Å². The monoisotopic (exact) mass is 255 g/mol. The van der Waals surface area contributed by atoms with Gasteiger partial charge < -0.3 is 15.0 Å². The standard InChI is InChI=1S/C12H21N3OS/c1-4-10-11(7-13-3)17-12(14-10)15-5-6-16-8-9(15)2/h9,13H,4-8H2,1-3H3. The van der Waals surface area contributed by atoms with Gasteiger partial charge in [0, 0.05) is 18.0 Å². The van der Waals surface area contributed by atoms with Crippen LogP contribution < -0.4 is 10.2 Å². The summed E-state index contributed by atoms with van der Waals surface area (Å²) in [7, 11) is 1.98. The minimum atomic E-state index is 0.432. The summed E-state index contributed by atoms with van der Waals surface area (Å²) >= 11 is 1.82. The van der Waals surface area contributed by atoms with Crippen LogP contribution in [-0.4, -0.2) is 37.8 Å². The molecule has 1 saturated heterocycles. The van der Waals surface area contributed by atoms with Gasteiger partial charge >= 0.3 is 0 Å². The van der Waals surface area contributed by atoms with Crippen LogP contribution in [0.2, 0.25) is 0 Å². The maximum absolute atomic E-state index is 5.47. The number of anilines is 1. The average molecular weight is 255 g/mol. The molecule has 1 aliphatic heterocycles. The molecule has 0 aromatic carbocycles. The molecule has 1 aliphatic rings. The SMILES string of the molecule is CCc1nc(N2CCOCC2C)sc1CNC. The number of thiazole rings is 1. The van der Waals surface area contributed by atoms with Gasteiger partial charge in [-0.3, -0.25) is 0 Å². The fourth-order valence-electron chi connectivity index (χ4n) is 2.08. The first kappa shape index (κ1) is 12.8. The van der Waals surface area contributed by atoms with Crippen LogP contribution in [0.5, 0.6) is 0 Å². The van der Waals surface area contributed by atoms with E-state index in [-0.39, 0.29) is 0 Å². The number of ether oxygens (including phenoxy) is 1. The molecule has 0 spiro atoms. The van der Waals surface area contributed by atoms with Crippen LogP contribution in [-0.2, 0) is 17.7 Å². The molecule has 5 heteroatoms. The number of aryl methyl sites for hydroxylation is 1. The maximum atomic E-state index is 5.47. The number of nitrogens with one attached hydrogen (secondary N) is 1. The lowest BCUT2D eigenvalue weighted by molar-refractivity contribution is 0.0989. The smallest absolute Gasteiger partial charge is 0.186 e. The lowest BCUT2D eigenvalue weighted by Crippen LogP contribution is -2.43. The van der Waals surface area contributed by atoms with Crippen molar-refractivity contribution in [2.45, 2.75) is 32.9 Å². The summed E-state index contributed by atoms with van der Waals surface area (Å²) in [6.45, 7) is 7.86. The molecular weight excluding hydrogens is 234 g/mol. The summed E-state index contributed by atoms with van der Waals surface area (Å²) in [4.78, 5) is 8.50. The third-order valence-electron chi connectivity index (χ3n) is 3.05. The first-order chi connectivity index (χ1) is 8.26. The third-order valence-corrected chi connectivity index (χ3v) is 4.19. The van der Waals surface area contributed by atoms with Crippen molar-refractivity contribution in [2.75, 3.05) is 31.7 Å². The van der Waals surface area contributed by atoms with Crippen molar-refractivity contribution in [1.82, 2.24) is 10.3 Å². The van der Waals surface area contributed by atoms with E-state index in [0.717, 1.165) is 37.9 Å². The van der Waals surface area contributed by atoms with Gasteiger partial charge in [-0.15, -0.1) is 11.3 Å². The Labute approximate surface area is 107 Å². The molecule has 0 radical (unpaired) electrons. The van der Waals surface area contributed by atoms with E-state index in [9.17, 15) is 0 Å². The average Bonchev–Trinajstić information content (AvgIpc) is 2.73. The Hall–Kier alpha value is -0.650. The zero-order chi connectivity index (χ0) is 12.3. The van der Waals surface area contributed by atoms with Gasteiger partial charge in [-0.05, 0) is 20.4 Å². The molecule has 96 valence electrons. The fourth-order valence-corrected chi connectivity index (χ4v) is 3.37. The van der Waals surface area contributed by atoms with Gasteiger partial charge in [0.15, 0.2) is 5.13 Å². The number of aromatic nitrogens is 1. The topological polar surface area (TPSA) is 37.4 Å². The minimum absolute atomic E-state index is 0.432. The number of morpholine rings is 1. The van der Waals surface area contributed by atoms with Crippen LogP contribution in [0.15, 0.2) is 0 Å². The highest BCUT2D eigenvalue weighted by Gasteiger charge is 2.23. The van der Waals surface area contributed by atoms with Gasteiger partial charge in [-0.2, -0.15) is 0 Å². The first-order valence-corrected chi connectivity index (χ1v) is 7.05. The number of nitrogens with zero attached hydrogens (tertiary/aromatic N) is 2. The second-order valence-corrected chi connectivity index (χ2v) is 5.43. The van der Waals surface area contributed by atoms with Crippen molar-refractivity contribution in [2.24, 2.45) is 0 Å². The van der Waals surface area contributed by atoms with E-state index in [2.05, 4.69) is 24.1 Å². The van der Waals surface area contributed by atoms with Crippen LogP contribution in [0.4, 0.5) is 5.13 Å². The van der Waals surface area contributed by atoms with Crippen molar-refractivity contribution in [1.29, 1.82) is 0 Å². The second kappa shape index (κ2) is 5.80. The van der Waals surface area contributed by atoms with E-state index < -0.39 is 0 Å². The Kier molecular flexibility index (Phi) is 4.36. The Morgan fingerprint density at radius 2 is 2.41 bits per heavy atom. The molecule has 1 N–H and O–H groups in total. The van der Waals surface area contributed by atoms with Gasteiger partial charge in [-0.1, -0.05) is 6.92 Å². The molecule has 1 aromatic heterocycles. The highest BCUT2D eigenvalue weighted by molar-refractivity contribution is 7.15. The maximum Gasteiger partial charge on any atom is 0.186 e. The largest absolute Gasteiger partial charge is 0.377 e. The quantitative estimate of drug-likeness (QED) is 0.888. The van der Waals surface area contributed by atoms with E-state index >= 15 is 0 Å². The number of hydrogen-bond donors (Lipinski definition) is 1. The summed E-state index contributed by atoms with van der Waals surface area (Å²) in [5.41, 5.74) is 1.23. The molecule has 2 heterocycles. The molecule has 0 aliphatic carbocycles. The predicted molar refractivity (Wildman–Crippen MR) is 71.9 cm³/mol. The fraction of sp³-hybridized carbons (Fsp3) is 0.750. The lowest BCUT2D eigenvalue weighted by atomic mass is 10.3. The minimum Gasteiger partial charge on any atom is -0.377 e. The van der Waals surface area contributed by atoms with E-state index in [4.69, 9.17) is 9.72 Å². The number of hydrogen-bond acceptors (Lipinski definition) is 5. The summed E-state index contributed by atoms with van der Waals surface area (Å²) in [6.07, 6.45) is 1.01. The van der Waals surface area contributed by atoms with E-state index in [0.29, 0.717) is 6.04 Å². The third kappa shape index (κ3) is 2.78. The molecule has 1 aromatic rings. The van der Waals surface area contributed by atoms with E-state index in [1.165, 1.54) is 10.6 Å². The highest BCUT2D eigenvalue weighted by Crippen LogP contribution is 2.29. The molecule has 1 atom stereocenters. The zero-order valence-electron chi connectivity index (χ0n) is 10.8. The highest BCUT2D eigenvalue weighted by atomic mass is 32.1. The molecule has 17 heavy (non-hydrogen) atoms. The summed E-state index contributed by atoms with van der Waals surface area (Å²) in [5.74, 6) is 0. The molecule has 0 bridgehead atoms. The van der Waals surface area contributed by atoms with Crippen molar-refractivity contribution < 1.29 is 4.74 Å². The van der Waals surface area contributed by atoms with Gasteiger partial charge in [0.1, 0.15) is 0 Å². The predicted octanol–water partition coefficient (Wildman–Crippen LogP) is 1.65. The van der Waals surface area contributed by atoms with Gasteiger partial charge in [0.05, 0.1) is 24.9 Å². The summed E-state index contributed by atoms with van der Waals surface area (Å²) in [6, 6.07) is 0.432. The molecule has 1 unspecified atom stereocenters. The van der Waals surface area contributed by atoms with Crippen LogP contribution in [0.25, 0.3) is 0 Å². The number of rotatable bonds is 4. The van der Waals surface area contributed by atoms with Crippen molar-refractivity contribution in [3.63, 3.8) is 0 Å².